The number of ether oxygens (including phenoxy) is 2. The monoisotopic (exact) mass is 439 g/mol. The smallest absolute Gasteiger partial charge is 0.269 e. The van der Waals surface area contributed by atoms with Gasteiger partial charge in [0.15, 0.2) is 5.41 Å². The fraction of sp³-hybridized carbons (Fsp3) is 0.524. The van der Waals surface area contributed by atoms with Crippen molar-refractivity contribution in [2.45, 2.75) is 50.4 Å². The van der Waals surface area contributed by atoms with Gasteiger partial charge in [-0.2, -0.15) is 15.8 Å². The van der Waals surface area contributed by atoms with E-state index in [2.05, 4.69) is 6.07 Å². The van der Waals surface area contributed by atoms with Crippen LogP contribution in [0.5, 0.6) is 0 Å². The summed E-state index contributed by atoms with van der Waals surface area (Å²) in [4.78, 5) is 10.7. The minimum Gasteiger partial charge on any atom is -0.447 e. The number of hydrogen-bond donors (Lipinski definition) is 1. The first-order chi connectivity index (χ1) is 14.8. The highest BCUT2D eigenvalue weighted by Gasteiger charge is 2.80. The van der Waals surface area contributed by atoms with Crippen LogP contribution in [-0.2, 0) is 9.47 Å². The van der Waals surface area contributed by atoms with E-state index in [0.29, 0.717) is 19.3 Å². The highest BCUT2D eigenvalue weighted by atomic mass is 35.5. The van der Waals surface area contributed by atoms with Gasteiger partial charge in [-0.1, -0.05) is 30.9 Å². The molecule has 1 aliphatic carbocycles. The van der Waals surface area contributed by atoms with Crippen molar-refractivity contribution in [3.05, 3.63) is 38.9 Å². The summed E-state index contributed by atoms with van der Waals surface area (Å²) >= 11 is 6.35. The van der Waals surface area contributed by atoms with Crippen LogP contribution in [0.3, 0.4) is 0 Å². The van der Waals surface area contributed by atoms with Crippen molar-refractivity contribution < 1.29 is 14.4 Å². The Balaban J connectivity index is 2.01. The average molecular weight is 440 g/mol. The van der Waals surface area contributed by atoms with Crippen molar-refractivity contribution in [3.63, 3.8) is 0 Å². The third kappa shape index (κ3) is 2.59. The Hall–Kier alpha value is -3.19. The lowest BCUT2D eigenvalue weighted by Crippen LogP contribution is -2.59. The molecule has 1 aromatic rings. The first kappa shape index (κ1) is 21.1. The largest absolute Gasteiger partial charge is 0.447 e. The number of nitro groups is 1. The summed E-state index contributed by atoms with van der Waals surface area (Å²) in [6.07, 6.45) is 2.72. The van der Waals surface area contributed by atoms with Gasteiger partial charge in [0.05, 0.1) is 29.0 Å². The molecular formula is C21H18ClN5O4. The number of benzene rings is 1. The Labute approximate surface area is 183 Å². The van der Waals surface area contributed by atoms with E-state index < -0.39 is 39.5 Å². The lowest BCUT2D eigenvalue weighted by atomic mass is 9.52. The van der Waals surface area contributed by atoms with Crippen LogP contribution < -0.4 is 0 Å². The normalized spacial score (nSPS) is 33.4. The highest BCUT2D eigenvalue weighted by molar-refractivity contribution is 6.31. The van der Waals surface area contributed by atoms with Gasteiger partial charge in [-0.3, -0.25) is 15.5 Å². The molecule has 9 nitrogen and oxygen atoms in total. The predicted octanol–water partition coefficient (Wildman–Crippen LogP) is 4.54. The maximum Gasteiger partial charge on any atom is 0.269 e. The molecule has 2 heterocycles. The number of nitro benzene ring substituents is 1. The van der Waals surface area contributed by atoms with Gasteiger partial charge in [-0.15, -0.1) is 0 Å². The molecule has 0 spiro atoms. The first-order valence-electron chi connectivity index (χ1n) is 9.95. The SMILES string of the molecule is N#CC1(C#N)C(c2cc([N+](=O)[O-])ccc2Cl)OC23CCCCCCC2C1(C#N)C(=N)O3. The summed E-state index contributed by atoms with van der Waals surface area (Å²) in [5, 5.41) is 50.8. The van der Waals surface area contributed by atoms with Crippen LogP contribution in [0, 0.1) is 66.3 Å². The molecule has 0 aromatic heterocycles. The van der Waals surface area contributed by atoms with E-state index in [1.807, 2.05) is 12.1 Å². The number of nitrogens with zero attached hydrogens (tertiary/aromatic N) is 4. The van der Waals surface area contributed by atoms with E-state index >= 15 is 0 Å². The second kappa shape index (κ2) is 7.20. The summed E-state index contributed by atoms with van der Waals surface area (Å²) in [6, 6.07) is 9.66. The number of rotatable bonds is 2. The molecule has 1 N–H and O–H groups in total. The van der Waals surface area contributed by atoms with Crippen molar-refractivity contribution in [1.82, 2.24) is 0 Å². The van der Waals surface area contributed by atoms with Gasteiger partial charge in [0, 0.05) is 29.1 Å². The summed E-state index contributed by atoms with van der Waals surface area (Å²) in [5.74, 6) is -2.52. The molecule has 3 aliphatic rings. The Morgan fingerprint density at radius 2 is 1.87 bits per heavy atom. The van der Waals surface area contributed by atoms with Gasteiger partial charge in [0.2, 0.25) is 17.1 Å². The lowest BCUT2D eigenvalue weighted by molar-refractivity contribution is -0.385. The summed E-state index contributed by atoms with van der Waals surface area (Å²) in [5.41, 5.74) is -4.30. The van der Waals surface area contributed by atoms with E-state index in [0.717, 1.165) is 25.3 Å². The fourth-order valence-electron chi connectivity index (χ4n) is 5.34. The molecule has 158 valence electrons. The molecular weight excluding hydrogens is 422 g/mol. The molecule has 1 saturated carbocycles. The quantitative estimate of drug-likeness (QED) is 0.523. The van der Waals surface area contributed by atoms with Crippen LogP contribution >= 0.6 is 11.6 Å². The maximum absolute atomic E-state index is 11.4. The zero-order valence-electron chi connectivity index (χ0n) is 16.4. The van der Waals surface area contributed by atoms with E-state index in [9.17, 15) is 25.9 Å². The molecule has 4 rings (SSSR count). The van der Waals surface area contributed by atoms with Crippen LogP contribution in [0.1, 0.15) is 50.2 Å². The summed E-state index contributed by atoms with van der Waals surface area (Å²) in [6.45, 7) is 0. The zero-order chi connectivity index (χ0) is 22.4. The van der Waals surface area contributed by atoms with Gasteiger partial charge < -0.3 is 9.47 Å². The van der Waals surface area contributed by atoms with Crippen LogP contribution in [0.4, 0.5) is 5.69 Å². The Kier molecular flexibility index (Phi) is 4.89. The standard InChI is InChI=1S/C21H18ClN5O4/c22-15-7-6-13(27(28)29)9-14(15)17-19(10-23,11-24)20(12-25)16-5-3-1-2-4-8-21(16,30-17)31-18(20)26/h6-7,9,16-17,26H,1-5,8H2. The lowest BCUT2D eigenvalue weighted by Gasteiger charge is -2.50. The van der Waals surface area contributed by atoms with Crippen LogP contribution in [-0.4, -0.2) is 16.6 Å². The number of nitrogens with one attached hydrogen (secondary N) is 1. The molecule has 31 heavy (non-hydrogen) atoms. The van der Waals surface area contributed by atoms with E-state index in [1.54, 1.807) is 0 Å². The zero-order valence-corrected chi connectivity index (χ0v) is 17.2. The van der Waals surface area contributed by atoms with Crippen molar-refractivity contribution in [2.75, 3.05) is 0 Å². The third-order valence-corrected chi connectivity index (χ3v) is 7.13. The Morgan fingerprint density at radius 3 is 2.52 bits per heavy atom. The van der Waals surface area contributed by atoms with Gasteiger partial charge in [-0.25, -0.2) is 0 Å². The minimum atomic E-state index is -2.18. The fourth-order valence-corrected chi connectivity index (χ4v) is 5.56. The van der Waals surface area contributed by atoms with Crippen LogP contribution in [0.2, 0.25) is 5.02 Å². The average Bonchev–Trinajstić information content (AvgIpc) is 2.91. The van der Waals surface area contributed by atoms with Gasteiger partial charge in [0.25, 0.3) is 5.69 Å². The van der Waals surface area contributed by atoms with Crippen molar-refractivity contribution >= 4 is 23.2 Å². The number of hydrogen-bond acceptors (Lipinski definition) is 8. The first-order valence-corrected chi connectivity index (χ1v) is 10.3. The molecule has 0 amide bonds. The molecule has 2 aliphatic heterocycles. The minimum absolute atomic E-state index is 0.0526. The van der Waals surface area contributed by atoms with Crippen molar-refractivity contribution in [1.29, 1.82) is 21.2 Å². The highest BCUT2D eigenvalue weighted by Crippen LogP contribution is 2.69. The van der Waals surface area contributed by atoms with E-state index in [1.165, 1.54) is 12.1 Å². The van der Waals surface area contributed by atoms with E-state index in [-0.39, 0.29) is 16.3 Å². The third-order valence-electron chi connectivity index (χ3n) is 6.79. The van der Waals surface area contributed by atoms with E-state index in [4.69, 9.17) is 26.5 Å². The predicted molar refractivity (Wildman–Crippen MR) is 106 cm³/mol. The number of non-ortho nitro benzene ring substituents is 1. The van der Waals surface area contributed by atoms with Crippen LogP contribution in [0.25, 0.3) is 0 Å². The van der Waals surface area contributed by atoms with Crippen LogP contribution in [0.15, 0.2) is 18.2 Å². The van der Waals surface area contributed by atoms with Gasteiger partial charge in [-0.05, 0) is 18.9 Å². The van der Waals surface area contributed by atoms with Crippen molar-refractivity contribution in [3.8, 4) is 18.2 Å². The Bertz CT molecular complexity index is 1090. The molecule has 2 saturated heterocycles. The Morgan fingerprint density at radius 1 is 1.16 bits per heavy atom. The second-order valence-electron chi connectivity index (χ2n) is 8.16. The second-order valence-corrected chi connectivity index (χ2v) is 8.57. The molecule has 1 aromatic carbocycles. The summed E-state index contributed by atoms with van der Waals surface area (Å²) in [7, 11) is 0. The number of halogens is 1. The topological polar surface area (TPSA) is 157 Å². The summed E-state index contributed by atoms with van der Waals surface area (Å²) < 4.78 is 12.2. The molecule has 2 bridgehead atoms. The van der Waals surface area contributed by atoms with Crippen molar-refractivity contribution in [2.24, 2.45) is 16.7 Å². The molecule has 3 fully saturated rings. The molecule has 0 radical (unpaired) electrons. The molecule has 10 heteroatoms. The maximum atomic E-state index is 11.4. The molecule has 4 unspecified atom stereocenters. The number of nitriles is 3. The molecule has 4 atom stereocenters. The van der Waals surface area contributed by atoms with Gasteiger partial charge >= 0.3 is 0 Å². The van der Waals surface area contributed by atoms with Gasteiger partial charge in [0.1, 0.15) is 6.10 Å².